The van der Waals surface area contributed by atoms with Gasteiger partial charge >= 0.3 is 5.97 Å². The largest absolute Gasteiger partial charge is 0.480 e. The van der Waals surface area contributed by atoms with Crippen LogP contribution in [0, 0.1) is 0 Å². The van der Waals surface area contributed by atoms with Gasteiger partial charge in [-0.05, 0) is 0 Å². The number of aromatic nitrogens is 2. The fourth-order valence-corrected chi connectivity index (χ4v) is 2.23. The minimum Gasteiger partial charge on any atom is -0.480 e. The molecule has 1 aliphatic heterocycles. The van der Waals surface area contributed by atoms with Crippen molar-refractivity contribution in [2.75, 3.05) is 37.6 Å². The number of aliphatic carboxylic acids is 1. The van der Waals surface area contributed by atoms with E-state index in [9.17, 15) is 9.59 Å². The molecule has 1 aromatic heterocycles. The Hall–Kier alpha value is -1.89. The number of piperazine rings is 1. The van der Waals surface area contributed by atoms with Crippen molar-refractivity contribution in [2.45, 2.75) is 19.8 Å². The zero-order valence-corrected chi connectivity index (χ0v) is 11.8. The molecule has 0 unspecified atom stereocenters. The number of nitrogens with one attached hydrogen (secondary N) is 1. The second-order valence-corrected chi connectivity index (χ2v) is 5.30. The topological polar surface area (TPSA) is 89.5 Å². The smallest absolute Gasteiger partial charge is 0.317 e. The van der Waals surface area contributed by atoms with Gasteiger partial charge in [-0.15, -0.1) is 0 Å². The molecule has 2 heterocycles. The standard InChI is InChI=1S/C13H20N4O3/c1-9(2)13-14-10(7-11(18)15-13)17-5-3-16(4-6-17)8-12(19)20/h7,9H,3-6,8H2,1-2H3,(H,19,20)(H,14,15,18). The first-order chi connectivity index (χ1) is 9.45. The monoisotopic (exact) mass is 280 g/mol. The Labute approximate surface area is 117 Å². The molecule has 20 heavy (non-hydrogen) atoms. The van der Waals surface area contributed by atoms with Crippen LogP contribution >= 0.6 is 0 Å². The van der Waals surface area contributed by atoms with Crippen molar-refractivity contribution >= 4 is 11.8 Å². The summed E-state index contributed by atoms with van der Waals surface area (Å²) in [6, 6.07) is 1.50. The van der Waals surface area contributed by atoms with Gasteiger partial charge in [0.25, 0.3) is 5.56 Å². The van der Waals surface area contributed by atoms with Crippen LogP contribution in [0.3, 0.4) is 0 Å². The summed E-state index contributed by atoms with van der Waals surface area (Å²) in [6.07, 6.45) is 0. The molecular weight excluding hydrogens is 260 g/mol. The number of carboxylic acids is 1. The molecule has 110 valence electrons. The van der Waals surface area contributed by atoms with E-state index in [-0.39, 0.29) is 18.0 Å². The van der Waals surface area contributed by atoms with E-state index in [0.717, 1.165) is 0 Å². The predicted molar refractivity (Wildman–Crippen MR) is 75.2 cm³/mol. The Morgan fingerprint density at radius 2 is 2.05 bits per heavy atom. The normalized spacial score (nSPS) is 16.6. The molecule has 2 N–H and O–H groups in total. The van der Waals surface area contributed by atoms with E-state index in [2.05, 4.69) is 9.97 Å². The van der Waals surface area contributed by atoms with Crippen molar-refractivity contribution < 1.29 is 9.90 Å². The molecule has 2 rings (SSSR count). The summed E-state index contributed by atoms with van der Waals surface area (Å²) in [5, 5.41) is 8.77. The van der Waals surface area contributed by atoms with E-state index in [1.165, 1.54) is 6.07 Å². The number of nitrogens with zero attached hydrogens (tertiary/aromatic N) is 3. The third-order valence-corrected chi connectivity index (χ3v) is 3.35. The van der Waals surface area contributed by atoms with Crippen LogP contribution in [-0.4, -0.2) is 58.7 Å². The lowest BCUT2D eigenvalue weighted by molar-refractivity contribution is -0.138. The van der Waals surface area contributed by atoms with E-state index in [1.807, 2.05) is 23.6 Å². The molecule has 7 heteroatoms. The first-order valence-electron chi connectivity index (χ1n) is 6.76. The van der Waals surface area contributed by atoms with Gasteiger partial charge in [-0.1, -0.05) is 13.8 Å². The summed E-state index contributed by atoms with van der Waals surface area (Å²) in [4.78, 5) is 33.5. The van der Waals surface area contributed by atoms with E-state index < -0.39 is 5.97 Å². The van der Waals surface area contributed by atoms with Crippen molar-refractivity contribution in [3.8, 4) is 0 Å². The summed E-state index contributed by atoms with van der Waals surface area (Å²) in [5.74, 6) is 0.707. The zero-order chi connectivity index (χ0) is 14.7. The van der Waals surface area contributed by atoms with E-state index in [0.29, 0.717) is 37.8 Å². The van der Waals surface area contributed by atoms with Crippen LogP contribution in [0.2, 0.25) is 0 Å². The molecule has 0 amide bonds. The van der Waals surface area contributed by atoms with E-state index >= 15 is 0 Å². The molecule has 1 aromatic rings. The number of H-pyrrole nitrogens is 1. The molecule has 0 atom stereocenters. The van der Waals surface area contributed by atoms with Crippen LogP contribution in [0.5, 0.6) is 0 Å². The second kappa shape index (κ2) is 6.04. The van der Waals surface area contributed by atoms with Crippen molar-refractivity contribution in [3.05, 3.63) is 22.2 Å². The Morgan fingerprint density at radius 3 is 2.60 bits per heavy atom. The van der Waals surface area contributed by atoms with Crippen LogP contribution in [0.15, 0.2) is 10.9 Å². The fourth-order valence-electron chi connectivity index (χ4n) is 2.23. The molecule has 1 fully saturated rings. The molecule has 7 nitrogen and oxygen atoms in total. The number of aromatic amines is 1. The van der Waals surface area contributed by atoms with Crippen LogP contribution in [0.25, 0.3) is 0 Å². The molecule has 0 radical (unpaired) electrons. The average molecular weight is 280 g/mol. The molecule has 0 bridgehead atoms. The van der Waals surface area contributed by atoms with Gasteiger partial charge in [-0.3, -0.25) is 14.5 Å². The highest BCUT2D eigenvalue weighted by Gasteiger charge is 2.20. The lowest BCUT2D eigenvalue weighted by Gasteiger charge is -2.34. The SMILES string of the molecule is CC(C)c1nc(N2CCN(CC(=O)O)CC2)cc(=O)[nH]1. The summed E-state index contributed by atoms with van der Waals surface area (Å²) >= 11 is 0. The van der Waals surface area contributed by atoms with Crippen molar-refractivity contribution in [1.82, 2.24) is 14.9 Å². The molecule has 1 aliphatic rings. The molecule has 0 aromatic carbocycles. The molecule has 0 spiro atoms. The Balaban J connectivity index is 2.07. The number of carbonyl (C=O) groups is 1. The minimum atomic E-state index is -0.810. The zero-order valence-electron chi connectivity index (χ0n) is 11.8. The number of rotatable bonds is 4. The van der Waals surface area contributed by atoms with E-state index in [4.69, 9.17) is 5.11 Å². The van der Waals surface area contributed by atoms with Crippen LogP contribution in [0.4, 0.5) is 5.82 Å². The predicted octanol–water partition coefficient (Wildman–Crippen LogP) is 0.0999. The van der Waals surface area contributed by atoms with Crippen molar-refractivity contribution in [2.24, 2.45) is 0 Å². The van der Waals surface area contributed by atoms with Gasteiger partial charge in [-0.25, -0.2) is 4.98 Å². The van der Waals surface area contributed by atoms with Crippen LogP contribution < -0.4 is 10.5 Å². The first kappa shape index (κ1) is 14.5. The van der Waals surface area contributed by atoms with Gasteiger partial charge in [0, 0.05) is 38.2 Å². The third-order valence-electron chi connectivity index (χ3n) is 3.35. The fraction of sp³-hybridized carbons (Fsp3) is 0.615. The van der Waals surface area contributed by atoms with Gasteiger partial charge < -0.3 is 15.0 Å². The summed E-state index contributed by atoms with van der Waals surface area (Å²) in [7, 11) is 0. The summed E-state index contributed by atoms with van der Waals surface area (Å²) < 4.78 is 0. The van der Waals surface area contributed by atoms with Crippen LogP contribution in [-0.2, 0) is 4.79 Å². The summed E-state index contributed by atoms with van der Waals surface area (Å²) in [5.41, 5.74) is -0.147. The van der Waals surface area contributed by atoms with Gasteiger partial charge in [0.15, 0.2) is 0 Å². The highest BCUT2D eigenvalue weighted by Crippen LogP contribution is 2.14. The number of hydrogen-bond acceptors (Lipinski definition) is 5. The number of anilines is 1. The van der Waals surface area contributed by atoms with Gasteiger partial charge in [0.05, 0.1) is 6.54 Å². The molecule has 1 saturated heterocycles. The number of hydrogen-bond donors (Lipinski definition) is 2. The molecule has 0 saturated carbocycles. The second-order valence-electron chi connectivity index (χ2n) is 5.30. The van der Waals surface area contributed by atoms with Crippen molar-refractivity contribution in [3.63, 3.8) is 0 Å². The third kappa shape index (κ3) is 3.57. The summed E-state index contributed by atoms with van der Waals surface area (Å²) in [6.45, 7) is 6.71. The lowest BCUT2D eigenvalue weighted by Crippen LogP contribution is -2.48. The molecular formula is C13H20N4O3. The maximum Gasteiger partial charge on any atom is 0.317 e. The number of carboxylic acid groups (broad SMARTS) is 1. The van der Waals surface area contributed by atoms with E-state index in [1.54, 1.807) is 0 Å². The highest BCUT2D eigenvalue weighted by molar-refractivity contribution is 5.69. The highest BCUT2D eigenvalue weighted by atomic mass is 16.4. The maximum atomic E-state index is 11.7. The molecule has 0 aliphatic carbocycles. The Bertz CT molecular complexity index is 533. The quantitative estimate of drug-likeness (QED) is 0.813. The minimum absolute atomic E-state index is 0.0634. The maximum absolute atomic E-state index is 11.7. The van der Waals surface area contributed by atoms with Crippen LogP contribution in [0.1, 0.15) is 25.6 Å². The first-order valence-corrected chi connectivity index (χ1v) is 6.76. The Morgan fingerprint density at radius 1 is 1.40 bits per heavy atom. The van der Waals surface area contributed by atoms with Gasteiger partial charge in [0.1, 0.15) is 11.6 Å². The van der Waals surface area contributed by atoms with Gasteiger partial charge in [-0.2, -0.15) is 0 Å². The van der Waals surface area contributed by atoms with Gasteiger partial charge in [0.2, 0.25) is 0 Å². The average Bonchev–Trinajstić information content (AvgIpc) is 2.38. The Kier molecular flexibility index (Phi) is 4.39. The van der Waals surface area contributed by atoms with Crippen molar-refractivity contribution in [1.29, 1.82) is 0 Å². The lowest BCUT2D eigenvalue weighted by atomic mass is 10.2.